The van der Waals surface area contributed by atoms with Crippen molar-refractivity contribution in [3.8, 4) is 11.1 Å². The van der Waals surface area contributed by atoms with Crippen LogP contribution < -0.4 is 0 Å². The van der Waals surface area contributed by atoms with E-state index in [4.69, 9.17) is 0 Å². The van der Waals surface area contributed by atoms with Crippen molar-refractivity contribution < 1.29 is 0 Å². The quantitative estimate of drug-likeness (QED) is 0.598. The molecule has 0 unspecified atom stereocenters. The zero-order valence-electron chi connectivity index (χ0n) is 9.10. The van der Waals surface area contributed by atoms with Crippen molar-refractivity contribution in [1.82, 2.24) is 4.98 Å². The van der Waals surface area contributed by atoms with Gasteiger partial charge in [0.15, 0.2) is 0 Å². The van der Waals surface area contributed by atoms with Gasteiger partial charge in [-0.2, -0.15) is 0 Å². The predicted molar refractivity (Wildman–Crippen MR) is 79.9 cm³/mol. The van der Waals surface area contributed by atoms with Crippen LogP contribution in [0.1, 0.15) is 0 Å². The van der Waals surface area contributed by atoms with Crippen LogP contribution in [-0.2, 0) is 0 Å². The molecule has 82 valence electrons. The number of aromatic nitrogens is 1. The molecule has 0 amide bonds. The summed E-state index contributed by atoms with van der Waals surface area (Å²) >= 11 is 2.33. The van der Waals surface area contributed by atoms with Crippen LogP contribution in [-0.4, -0.2) is 4.98 Å². The lowest BCUT2D eigenvalue weighted by molar-refractivity contribution is 1.35. The average Bonchev–Trinajstić information content (AvgIpc) is 2.40. The first-order valence-electron chi connectivity index (χ1n) is 5.44. The number of pyridine rings is 1. The molecule has 2 heteroatoms. The molecule has 3 aromatic rings. The van der Waals surface area contributed by atoms with Crippen molar-refractivity contribution in [2.45, 2.75) is 0 Å². The molecule has 1 heterocycles. The maximum absolute atomic E-state index is 4.29. The first-order valence-corrected chi connectivity index (χ1v) is 6.52. The molecule has 1 aromatic heterocycles. The summed E-state index contributed by atoms with van der Waals surface area (Å²) in [5.74, 6) is 0. The van der Waals surface area contributed by atoms with Crippen LogP contribution in [0.4, 0.5) is 0 Å². The average molecular weight is 331 g/mol. The van der Waals surface area contributed by atoms with Gasteiger partial charge in [-0.15, -0.1) is 0 Å². The van der Waals surface area contributed by atoms with Gasteiger partial charge in [0.05, 0.1) is 0 Å². The van der Waals surface area contributed by atoms with Crippen LogP contribution in [0.5, 0.6) is 0 Å². The molecule has 0 aliphatic rings. The van der Waals surface area contributed by atoms with E-state index in [2.05, 4.69) is 70.0 Å². The molecule has 0 fully saturated rings. The highest BCUT2D eigenvalue weighted by atomic mass is 127. The van der Waals surface area contributed by atoms with Crippen molar-refractivity contribution in [2.75, 3.05) is 0 Å². The van der Waals surface area contributed by atoms with Gasteiger partial charge in [0.2, 0.25) is 0 Å². The van der Waals surface area contributed by atoms with Gasteiger partial charge in [0.1, 0.15) is 0 Å². The van der Waals surface area contributed by atoms with Crippen LogP contribution in [0.2, 0.25) is 0 Å². The normalized spacial score (nSPS) is 10.6. The standard InChI is InChI=1S/C15H10IN/c16-15-10-17-9-14-12(7-4-8-13(14)15)11-5-2-1-3-6-11/h1-10H. The topological polar surface area (TPSA) is 12.9 Å². The Morgan fingerprint density at radius 1 is 0.765 bits per heavy atom. The number of fused-ring (bicyclic) bond motifs is 1. The molecular formula is C15H10IN. The van der Waals surface area contributed by atoms with E-state index < -0.39 is 0 Å². The van der Waals surface area contributed by atoms with Crippen molar-refractivity contribution in [1.29, 1.82) is 0 Å². The van der Waals surface area contributed by atoms with E-state index in [1.54, 1.807) is 0 Å². The van der Waals surface area contributed by atoms with Gasteiger partial charge in [-0.1, -0.05) is 48.5 Å². The lowest BCUT2D eigenvalue weighted by Gasteiger charge is -2.07. The number of hydrogen-bond acceptors (Lipinski definition) is 1. The zero-order valence-corrected chi connectivity index (χ0v) is 11.3. The number of nitrogens with zero attached hydrogens (tertiary/aromatic N) is 1. The summed E-state index contributed by atoms with van der Waals surface area (Å²) in [6.45, 7) is 0. The molecule has 0 atom stereocenters. The third kappa shape index (κ3) is 1.93. The smallest absolute Gasteiger partial charge is 0.0408 e. The van der Waals surface area contributed by atoms with Gasteiger partial charge < -0.3 is 0 Å². The van der Waals surface area contributed by atoms with Gasteiger partial charge >= 0.3 is 0 Å². The van der Waals surface area contributed by atoms with Gasteiger partial charge in [-0.3, -0.25) is 4.98 Å². The largest absolute Gasteiger partial charge is 0.263 e. The summed E-state index contributed by atoms with van der Waals surface area (Å²) in [6, 6.07) is 16.8. The molecule has 0 N–H and O–H groups in total. The molecule has 0 saturated heterocycles. The summed E-state index contributed by atoms with van der Waals surface area (Å²) in [5.41, 5.74) is 2.48. The van der Waals surface area contributed by atoms with Gasteiger partial charge in [-0.25, -0.2) is 0 Å². The van der Waals surface area contributed by atoms with Crippen LogP contribution in [0.25, 0.3) is 21.9 Å². The van der Waals surface area contributed by atoms with Crippen molar-refractivity contribution in [3.63, 3.8) is 0 Å². The SMILES string of the molecule is Ic1cncc2c(-c3ccccc3)cccc12. The second-order valence-corrected chi connectivity index (χ2v) is 5.05. The second-order valence-electron chi connectivity index (χ2n) is 3.89. The fourth-order valence-electron chi connectivity index (χ4n) is 2.03. The number of halogens is 1. The Labute approximate surface area is 114 Å². The highest BCUT2D eigenvalue weighted by molar-refractivity contribution is 14.1. The summed E-state index contributed by atoms with van der Waals surface area (Å²) < 4.78 is 1.19. The maximum atomic E-state index is 4.29. The minimum atomic E-state index is 1.19. The summed E-state index contributed by atoms with van der Waals surface area (Å²) in [6.07, 6.45) is 3.84. The fourth-order valence-corrected chi connectivity index (χ4v) is 2.66. The third-order valence-electron chi connectivity index (χ3n) is 2.84. The van der Waals surface area contributed by atoms with Gasteiger partial charge in [0.25, 0.3) is 0 Å². The van der Waals surface area contributed by atoms with E-state index in [0.29, 0.717) is 0 Å². The Hall–Kier alpha value is -1.42. The van der Waals surface area contributed by atoms with Crippen LogP contribution in [0.15, 0.2) is 60.9 Å². The first kappa shape index (κ1) is 10.7. The van der Waals surface area contributed by atoms with Crippen LogP contribution >= 0.6 is 22.6 Å². The van der Waals surface area contributed by atoms with Crippen LogP contribution in [0, 0.1) is 3.57 Å². The molecule has 17 heavy (non-hydrogen) atoms. The molecule has 0 radical (unpaired) electrons. The highest BCUT2D eigenvalue weighted by Gasteiger charge is 2.05. The Kier molecular flexibility index (Phi) is 2.81. The molecule has 3 rings (SSSR count). The van der Waals surface area contributed by atoms with E-state index in [0.717, 1.165) is 0 Å². The van der Waals surface area contributed by atoms with Gasteiger partial charge in [-0.05, 0) is 39.1 Å². The monoisotopic (exact) mass is 331 g/mol. The number of rotatable bonds is 1. The van der Waals surface area contributed by atoms with E-state index >= 15 is 0 Å². The zero-order chi connectivity index (χ0) is 11.7. The van der Waals surface area contributed by atoms with Gasteiger partial charge in [0, 0.05) is 21.4 Å². The molecule has 2 aromatic carbocycles. The minimum absolute atomic E-state index is 1.19. The first-order chi connectivity index (χ1) is 8.36. The van der Waals surface area contributed by atoms with Crippen molar-refractivity contribution >= 4 is 33.4 Å². The van der Waals surface area contributed by atoms with Crippen molar-refractivity contribution in [3.05, 3.63) is 64.5 Å². The lowest BCUT2D eigenvalue weighted by atomic mass is 10.00. The summed E-state index contributed by atoms with van der Waals surface area (Å²) in [5, 5.41) is 2.48. The van der Waals surface area contributed by atoms with Crippen LogP contribution in [0.3, 0.4) is 0 Å². The summed E-state index contributed by atoms with van der Waals surface area (Å²) in [4.78, 5) is 4.29. The van der Waals surface area contributed by atoms with E-state index in [-0.39, 0.29) is 0 Å². The highest BCUT2D eigenvalue weighted by Crippen LogP contribution is 2.29. The maximum Gasteiger partial charge on any atom is 0.0408 e. The Bertz CT molecular complexity index is 662. The fraction of sp³-hybridized carbons (Fsp3) is 0. The van der Waals surface area contributed by atoms with E-state index in [1.165, 1.54) is 25.5 Å². The molecule has 0 bridgehead atoms. The minimum Gasteiger partial charge on any atom is -0.263 e. The molecule has 0 spiro atoms. The molecular weight excluding hydrogens is 321 g/mol. The van der Waals surface area contributed by atoms with E-state index in [9.17, 15) is 0 Å². The van der Waals surface area contributed by atoms with E-state index in [1.807, 2.05) is 18.5 Å². The summed E-state index contributed by atoms with van der Waals surface area (Å²) in [7, 11) is 0. The van der Waals surface area contributed by atoms with Crippen molar-refractivity contribution in [2.24, 2.45) is 0 Å². The Morgan fingerprint density at radius 3 is 2.41 bits per heavy atom. The Morgan fingerprint density at radius 2 is 1.59 bits per heavy atom. The molecule has 0 aliphatic carbocycles. The molecule has 0 saturated carbocycles. The molecule has 1 nitrogen and oxygen atoms in total. The Balaban J connectivity index is 2.35. The predicted octanol–water partition coefficient (Wildman–Crippen LogP) is 4.51. The third-order valence-corrected chi connectivity index (χ3v) is 3.70. The number of benzene rings is 2. The second kappa shape index (κ2) is 4.45. The lowest BCUT2D eigenvalue weighted by Crippen LogP contribution is -1.85. The molecule has 0 aliphatic heterocycles. The number of hydrogen-bond donors (Lipinski definition) is 0.